The molecule has 0 spiro atoms. The van der Waals surface area contributed by atoms with Crippen LogP contribution in [0.3, 0.4) is 0 Å². The molecule has 116 valence electrons. The van der Waals surface area contributed by atoms with E-state index in [4.69, 9.17) is 17.3 Å². The molecule has 1 heterocycles. The van der Waals surface area contributed by atoms with Crippen molar-refractivity contribution >= 4 is 39.2 Å². The molecule has 0 saturated heterocycles. The number of carbonyl (C=O) groups excluding carboxylic acids is 1. The molecular formula is C13H7BrClF3N2O2. The van der Waals surface area contributed by atoms with Crippen molar-refractivity contribution in [3.63, 3.8) is 0 Å². The van der Waals surface area contributed by atoms with Gasteiger partial charge < -0.3 is 10.5 Å². The lowest BCUT2D eigenvalue weighted by Crippen LogP contribution is -2.12. The fourth-order valence-corrected chi connectivity index (χ4v) is 2.22. The lowest BCUT2D eigenvalue weighted by atomic mass is 10.1. The molecule has 2 rings (SSSR count). The summed E-state index contributed by atoms with van der Waals surface area (Å²) in [6, 6.07) is 1.64. The maximum Gasteiger partial charge on any atom is 0.359 e. The Labute approximate surface area is 136 Å². The van der Waals surface area contributed by atoms with Crippen LogP contribution in [0.25, 0.3) is 11.3 Å². The Bertz CT molecular complexity index is 787. The summed E-state index contributed by atoms with van der Waals surface area (Å²) in [5.41, 5.74) is 3.32. The lowest BCUT2D eigenvalue weighted by Gasteiger charge is -2.11. The topological polar surface area (TPSA) is 65.2 Å². The van der Waals surface area contributed by atoms with Crippen LogP contribution in [0, 0.1) is 17.5 Å². The Hall–Kier alpha value is -1.80. The molecular weight excluding hydrogens is 389 g/mol. The highest BCUT2D eigenvalue weighted by Gasteiger charge is 2.25. The second-order valence-corrected chi connectivity index (χ2v) is 5.32. The van der Waals surface area contributed by atoms with Gasteiger partial charge in [0.25, 0.3) is 0 Å². The SMILES string of the molecule is COC(=O)c1nc(-c2cc(F)c(Br)cc2F)c(Cl)c(N)c1F. The molecule has 2 aromatic rings. The third kappa shape index (κ3) is 2.76. The molecule has 22 heavy (non-hydrogen) atoms. The summed E-state index contributed by atoms with van der Waals surface area (Å²) in [6.45, 7) is 0. The van der Waals surface area contributed by atoms with Crippen LogP contribution in [-0.4, -0.2) is 18.1 Å². The zero-order chi connectivity index (χ0) is 16.6. The van der Waals surface area contributed by atoms with Crippen LogP contribution in [0.5, 0.6) is 0 Å². The molecule has 0 aliphatic carbocycles. The molecule has 0 fully saturated rings. The number of esters is 1. The summed E-state index contributed by atoms with van der Waals surface area (Å²) in [5, 5.41) is -0.439. The predicted molar refractivity (Wildman–Crippen MR) is 78.0 cm³/mol. The number of ether oxygens (including phenoxy) is 1. The summed E-state index contributed by atoms with van der Waals surface area (Å²) in [7, 11) is 1.01. The maximum absolute atomic E-state index is 14.0. The number of hydrogen-bond acceptors (Lipinski definition) is 4. The number of rotatable bonds is 2. The summed E-state index contributed by atoms with van der Waals surface area (Å²) in [4.78, 5) is 15.1. The molecule has 0 amide bonds. The van der Waals surface area contributed by atoms with Crippen LogP contribution < -0.4 is 5.73 Å². The van der Waals surface area contributed by atoms with Gasteiger partial charge in [-0.25, -0.2) is 22.9 Å². The summed E-state index contributed by atoms with van der Waals surface area (Å²) in [5.74, 6) is -4.00. The van der Waals surface area contributed by atoms with Crippen molar-refractivity contribution in [1.29, 1.82) is 0 Å². The highest BCUT2D eigenvalue weighted by molar-refractivity contribution is 9.10. The van der Waals surface area contributed by atoms with Crippen molar-refractivity contribution in [3.8, 4) is 11.3 Å². The molecule has 0 atom stereocenters. The van der Waals surface area contributed by atoms with Gasteiger partial charge in [0.15, 0.2) is 11.5 Å². The van der Waals surface area contributed by atoms with Gasteiger partial charge in [0.05, 0.1) is 28.0 Å². The number of hydrogen-bond donors (Lipinski definition) is 1. The van der Waals surface area contributed by atoms with E-state index in [9.17, 15) is 18.0 Å². The number of methoxy groups -OCH3 is 1. The Morgan fingerprint density at radius 1 is 1.32 bits per heavy atom. The molecule has 0 aliphatic heterocycles. The number of pyridine rings is 1. The van der Waals surface area contributed by atoms with Gasteiger partial charge >= 0.3 is 5.97 Å². The van der Waals surface area contributed by atoms with E-state index in [1.54, 1.807) is 0 Å². The smallest absolute Gasteiger partial charge is 0.359 e. The predicted octanol–water partition coefficient (Wildman–Crippen LogP) is 3.95. The Morgan fingerprint density at radius 3 is 2.55 bits per heavy atom. The van der Waals surface area contributed by atoms with Crippen LogP contribution in [-0.2, 0) is 4.74 Å². The number of nitrogen functional groups attached to an aromatic ring is 1. The van der Waals surface area contributed by atoms with Crippen LogP contribution >= 0.6 is 27.5 Å². The lowest BCUT2D eigenvalue weighted by molar-refractivity contribution is 0.0588. The van der Waals surface area contributed by atoms with Crippen molar-refractivity contribution in [3.05, 3.63) is 44.8 Å². The van der Waals surface area contributed by atoms with Crippen molar-refractivity contribution in [2.45, 2.75) is 0 Å². The normalized spacial score (nSPS) is 10.6. The van der Waals surface area contributed by atoms with Gasteiger partial charge in [0.2, 0.25) is 0 Å². The highest BCUT2D eigenvalue weighted by Crippen LogP contribution is 2.36. The van der Waals surface area contributed by atoms with Gasteiger partial charge in [-0.05, 0) is 28.1 Å². The second kappa shape index (κ2) is 6.13. The van der Waals surface area contributed by atoms with Gasteiger partial charge in [-0.15, -0.1) is 0 Å². The molecule has 0 radical (unpaired) electrons. The minimum absolute atomic E-state index is 0.117. The average molecular weight is 396 g/mol. The van der Waals surface area contributed by atoms with Gasteiger partial charge in [-0.3, -0.25) is 0 Å². The van der Waals surface area contributed by atoms with E-state index >= 15 is 0 Å². The monoisotopic (exact) mass is 394 g/mol. The van der Waals surface area contributed by atoms with Crippen LogP contribution in [0.15, 0.2) is 16.6 Å². The van der Waals surface area contributed by atoms with Gasteiger partial charge in [0, 0.05) is 5.56 Å². The third-order valence-corrected chi connectivity index (χ3v) is 3.75. The van der Waals surface area contributed by atoms with Crippen LogP contribution in [0.1, 0.15) is 10.5 Å². The fourth-order valence-electron chi connectivity index (χ4n) is 1.68. The Balaban J connectivity index is 2.79. The number of benzene rings is 1. The first-order valence-electron chi connectivity index (χ1n) is 5.65. The van der Waals surface area contributed by atoms with Gasteiger partial charge in [-0.2, -0.15) is 0 Å². The standard InChI is InChI=1S/C13H7BrClF3N2O2/c1-22-13(21)12-9(18)10(19)8(15)11(20-12)4-2-7(17)5(14)3-6(4)16/h2-3H,1H3,(H2,19,20). The number of nitrogens with zero attached hydrogens (tertiary/aromatic N) is 1. The first kappa shape index (κ1) is 16.6. The van der Waals surface area contributed by atoms with Gasteiger partial charge in [0.1, 0.15) is 11.6 Å². The Morgan fingerprint density at radius 2 is 1.95 bits per heavy atom. The molecule has 0 unspecified atom stereocenters. The molecule has 2 N–H and O–H groups in total. The summed E-state index contributed by atoms with van der Waals surface area (Å²) >= 11 is 8.66. The van der Waals surface area contributed by atoms with Crippen LogP contribution in [0.4, 0.5) is 18.9 Å². The number of nitrogens with two attached hydrogens (primary N) is 1. The fraction of sp³-hybridized carbons (Fsp3) is 0.0769. The molecule has 0 bridgehead atoms. The quantitative estimate of drug-likeness (QED) is 0.618. The zero-order valence-electron chi connectivity index (χ0n) is 10.9. The molecule has 0 aliphatic rings. The molecule has 1 aromatic carbocycles. The third-order valence-electron chi connectivity index (χ3n) is 2.76. The first-order valence-corrected chi connectivity index (χ1v) is 6.82. The molecule has 1 aromatic heterocycles. The van der Waals surface area contributed by atoms with Crippen molar-refractivity contribution < 1.29 is 22.7 Å². The van der Waals surface area contributed by atoms with Crippen molar-refractivity contribution in [2.75, 3.05) is 12.8 Å². The Kier molecular flexibility index (Phi) is 4.62. The zero-order valence-corrected chi connectivity index (χ0v) is 13.2. The highest BCUT2D eigenvalue weighted by atomic mass is 79.9. The first-order chi connectivity index (χ1) is 10.3. The van der Waals surface area contributed by atoms with Crippen molar-refractivity contribution in [2.24, 2.45) is 0 Å². The van der Waals surface area contributed by atoms with E-state index in [-0.39, 0.29) is 15.7 Å². The van der Waals surface area contributed by atoms with Gasteiger partial charge in [-0.1, -0.05) is 11.6 Å². The average Bonchev–Trinajstić information content (AvgIpc) is 2.48. The van der Waals surface area contributed by atoms with E-state index < -0.39 is 39.8 Å². The minimum atomic E-state index is -1.20. The number of halogens is 5. The van der Waals surface area contributed by atoms with Crippen molar-refractivity contribution in [1.82, 2.24) is 4.98 Å². The second-order valence-electron chi connectivity index (χ2n) is 4.09. The number of carbonyl (C=O) groups is 1. The molecule has 4 nitrogen and oxygen atoms in total. The van der Waals surface area contributed by atoms with E-state index in [1.807, 2.05) is 0 Å². The van der Waals surface area contributed by atoms with E-state index in [1.165, 1.54) is 0 Å². The number of anilines is 1. The van der Waals surface area contributed by atoms with E-state index in [0.717, 1.165) is 19.2 Å². The number of aromatic nitrogens is 1. The van der Waals surface area contributed by atoms with E-state index in [2.05, 4.69) is 25.7 Å². The van der Waals surface area contributed by atoms with E-state index in [0.29, 0.717) is 0 Å². The van der Waals surface area contributed by atoms with Crippen LogP contribution in [0.2, 0.25) is 5.02 Å². The summed E-state index contributed by atoms with van der Waals surface area (Å²) in [6.07, 6.45) is 0. The molecule has 0 saturated carbocycles. The largest absolute Gasteiger partial charge is 0.464 e. The maximum atomic E-state index is 14.0. The molecule has 9 heteroatoms. The summed E-state index contributed by atoms with van der Waals surface area (Å²) < 4.78 is 45.7. The minimum Gasteiger partial charge on any atom is -0.464 e.